The topological polar surface area (TPSA) is 26.0 Å². The van der Waals surface area contributed by atoms with Crippen LogP contribution in [0.2, 0.25) is 0 Å². The molecule has 2 N–H and O–H groups in total. The number of fused-ring (bicyclic) bond motifs is 5. The molecular formula is C20H21N. The van der Waals surface area contributed by atoms with Gasteiger partial charge in [-0.15, -0.1) is 0 Å². The van der Waals surface area contributed by atoms with Crippen molar-refractivity contribution in [2.24, 2.45) is 11.3 Å². The van der Waals surface area contributed by atoms with Crippen molar-refractivity contribution in [3.8, 4) is 0 Å². The molecule has 1 saturated carbocycles. The van der Waals surface area contributed by atoms with Crippen molar-refractivity contribution < 1.29 is 0 Å². The van der Waals surface area contributed by atoms with Crippen LogP contribution >= 0.6 is 0 Å². The maximum Gasteiger partial charge on any atom is 0.0393 e. The largest absolute Gasteiger partial charge is 0.398 e. The van der Waals surface area contributed by atoms with Gasteiger partial charge in [-0.1, -0.05) is 29.8 Å². The maximum atomic E-state index is 6.19. The van der Waals surface area contributed by atoms with E-state index in [-0.39, 0.29) is 0 Å². The summed E-state index contributed by atoms with van der Waals surface area (Å²) in [6.07, 6.45) is 10.5. The van der Waals surface area contributed by atoms with E-state index in [1.165, 1.54) is 49.3 Å². The lowest BCUT2D eigenvalue weighted by Crippen LogP contribution is -2.33. The van der Waals surface area contributed by atoms with E-state index in [1.54, 1.807) is 16.7 Å². The number of hydrogen-bond acceptors (Lipinski definition) is 1. The van der Waals surface area contributed by atoms with Crippen molar-refractivity contribution in [1.29, 1.82) is 0 Å². The second kappa shape index (κ2) is 3.91. The second-order valence-electron chi connectivity index (χ2n) is 7.40. The van der Waals surface area contributed by atoms with Gasteiger partial charge in [0, 0.05) is 11.1 Å². The third-order valence-electron chi connectivity index (χ3n) is 6.31. The minimum absolute atomic E-state index is 0.578. The van der Waals surface area contributed by atoms with Crippen LogP contribution in [0.5, 0.6) is 0 Å². The van der Waals surface area contributed by atoms with Crippen LogP contribution in [-0.4, -0.2) is 0 Å². The van der Waals surface area contributed by atoms with Gasteiger partial charge in [-0.3, -0.25) is 0 Å². The van der Waals surface area contributed by atoms with Gasteiger partial charge in [-0.25, -0.2) is 0 Å². The molecule has 1 heteroatoms. The highest BCUT2D eigenvalue weighted by Crippen LogP contribution is 2.58. The lowest BCUT2D eigenvalue weighted by molar-refractivity contribution is 0.169. The van der Waals surface area contributed by atoms with E-state index < -0.39 is 0 Å². The van der Waals surface area contributed by atoms with Crippen molar-refractivity contribution in [2.75, 3.05) is 5.73 Å². The van der Waals surface area contributed by atoms with Crippen LogP contribution in [0, 0.1) is 11.3 Å². The van der Waals surface area contributed by atoms with E-state index in [2.05, 4.69) is 30.3 Å². The maximum absolute atomic E-state index is 6.19. The summed E-state index contributed by atoms with van der Waals surface area (Å²) in [5.74, 6) is 0.921. The van der Waals surface area contributed by atoms with Gasteiger partial charge in [0.05, 0.1) is 0 Å². The average molecular weight is 275 g/mol. The van der Waals surface area contributed by atoms with Gasteiger partial charge < -0.3 is 5.73 Å². The van der Waals surface area contributed by atoms with E-state index in [0.717, 1.165) is 11.6 Å². The number of nitrogens with two attached hydrogens (primary N) is 1. The number of hydrogen-bond donors (Lipinski definition) is 1. The van der Waals surface area contributed by atoms with Crippen molar-refractivity contribution in [2.45, 2.75) is 38.5 Å². The summed E-state index contributed by atoms with van der Waals surface area (Å²) in [6.45, 7) is 0. The van der Waals surface area contributed by atoms with Crippen LogP contribution in [0.4, 0.5) is 5.69 Å². The highest BCUT2D eigenvalue weighted by Gasteiger charge is 2.48. The molecule has 3 aliphatic carbocycles. The molecule has 1 fully saturated rings. The van der Waals surface area contributed by atoms with Crippen molar-refractivity contribution in [3.63, 3.8) is 0 Å². The SMILES string of the molecule is Nc1cccc2cc3c(cc12)CC1(CC3)CC2=CCC1C2. The van der Waals surface area contributed by atoms with Crippen LogP contribution in [0.15, 0.2) is 42.0 Å². The van der Waals surface area contributed by atoms with Crippen molar-refractivity contribution in [1.82, 2.24) is 0 Å². The highest BCUT2D eigenvalue weighted by molar-refractivity contribution is 5.94. The molecule has 21 heavy (non-hydrogen) atoms. The molecule has 0 saturated heterocycles. The summed E-state index contributed by atoms with van der Waals surface area (Å²) in [7, 11) is 0. The Morgan fingerprint density at radius 2 is 2.05 bits per heavy atom. The summed E-state index contributed by atoms with van der Waals surface area (Å²) in [5, 5.41) is 2.55. The van der Waals surface area contributed by atoms with Crippen molar-refractivity contribution in [3.05, 3.63) is 53.1 Å². The Morgan fingerprint density at radius 3 is 2.86 bits per heavy atom. The summed E-state index contributed by atoms with van der Waals surface area (Å²) in [5.41, 5.74) is 12.6. The molecule has 1 spiro atoms. The lowest BCUT2D eigenvalue weighted by Gasteiger charge is -2.40. The summed E-state index contributed by atoms with van der Waals surface area (Å²) in [4.78, 5) is 0. The number of nitrogen functional groups attached to an aromatic ring is 1. The second-order valence-corrected chi connectivity index (χ2v) is 7.40. The smallest absolute Gasteiger partial charge is 0.0393 e. The number of allylic oxidation sites excluding steroid dienone is 2. The molecule has 1 nitrogen and oxygen atoms in total. The quantitative estimate of drug-likeness (QED) is 0.550. The predicted octanol–water partition coefficient (Wildman–Crippen LogP) is 4.64. The van der Waals surface area contributed by atoms with E-state index in [4.69, 9.17) is 5.73 Å². The molecule has 0 heterocycles. The first-order valence-electron chi connectivity index (χ1n) is 8.21. The van der Waals surface area contributed by atoms with Crippen LogP contribution in [0.3, 0.4) is 0 Å². The van der Waals surface area contributed by atoms with Crippen LogP contribution in [0.25, 0.3) is 10.8 Å². The van der Waals surface area contributed by atoms with Gasteiger partial charge in [-0.05, 0) is 78.5 Å². The molecular weight excluding hydrogens is 254 g/mol. The Morgan fingerprint density at radius 1 is 1.10 bits per heavy atom. The zero-order valence-corrected chi connectivity index (χ0v) is 12.4. The minimum Gasteiger partial charge on any atom is -0.398 e. The Labute approximate surface area is 125 Å². The van der Waals surface area contributed by atoms with E-state index in [1.807, 2.05) is 6.07 Å². The third-order valence-corrected chi connectivity index (χ3v) is 6.31. The molecule has 2 aromatic carbocycles. The van der Waals surface area contributed by atoms with Gasteiger partial charge in [-0.2, -0.15) is 0 Å². The van der Waals surface area contributed by atoms with E-state index in [9.17, 15) is 0 Å². The number of benzene rings is 2. The number of aryl methyl sites for hydroxylation is 1. The first kappa shape index (κ1) is 11.9. The Balaban J connectivity index is 1.63. The average Bonchev–Trinajstić information content (AvgIpc) is 3.07. The monoisotopic (exact) mass is 275 g/mol. The van der Waals surface area contributed by atoms with Crippen LogP contribution in [-0.2, 0) is 12.8 Å². The molecule has 0 aliphatic heterocycles. The molecule has 0 aromatic heterocycles. The normalized spacial score (nSPS) is 29.9. The fraction of sp³-hybridized carbons (Fsp3) is 0.400. The fourth-order valence-electron chi connectivity index (χ4n) is 5.19. The Bertz CT molecular complexity index is 786. The van der Waals surface area contributed by atoms with Gasteiger partial charge in [0.1, 0.15) is 0 Å². The zero-order valence-electron chi connectivity index (χ0n) is 12.4. The highest BCUT2D eigenvalue weighted by atomic mass is 14.6. The molecule has 2 aromatic rings. The van der Waals surface area contributed by atoms with Crippen molar-refractivity contribution >= 4 is 16.5 Å². The Kier molecular flexibility index (Phi) is 2.21. The fourth-order valence-corrected chi connectivity index (χ4v) is 5.19. The summed E-state index contributed by atoms with van der Waals surface area (Å²) >= 11 is 0. The van der Waals surface area contributed by atoms with Crippen LogP contribution in [0.1, 0.15) is 36.8 Å². The van der Waals surface area contributed by atoms with E-state index in [0.29, 0.717) is 5.41 Å². The molecule has 5 rings (SSSR count). The standard InChI is InChI=1S/C20H21N/c21-19-3-1-2-15-9-14-6-7-20(12-16(14)10-18(15)19)11-13-4-5-17(20)8-13/h1-4,9-10,17H,5-8,11-12,21H2. The lowest BCUT2D eigenvalue weighted by atomic mass is 9.64. The molecule has 0 amide bonds. The van der Waals surface area contributed by atoms with Gasteiger partial charge >= 0.3 is 0 Å². The first-order valence-corrected chi connectivity index (χ1v) is 8.21. The first-order chi connectivity index (χ1) is 10.2. The zero-order chi connectivity index (χ0) is 14.0. The predicted molar refractivity (Wildman–Crippen MR) is 88.2 cm³/mol. The molecule has 3 aliphatic rings. The molecule has 2 bridgehead atoms. The molecule has 2 atom stereocenters. The van der Waals surface area contributed by atoms with Gasteiger partial charge in [0.2, 0.25) is 0 Å². The third kappa shape index (κ3) is 1.58. The summed E-state index contributed by atoms with van der Waals surface area (Å²) < 4.78 is 0. The molecule has 0 radical (unpaired) electrons. The van der Waals surface area contributed by atoms with E-state index >= 15 is 0 Å². The molecule has 2 unspecified atom stereocenters. The minimum atomic E-state index is 0.578. The summed E-state index contributed by atoms with van der Waals surface area (Å²) in [6, 6.07) is 11.1. The van der Waals surface area contributed by atoms with Crippen LogP contribution < -0.4 is 5.73 Å². The number of anilines is 1. The molecule has 106 valence electrons. The Hall–Kier alpha value is -1.76. The van der Waals surface area contributed by atoms with Gasteiger partial charge in [0.15, 0.2) is 0 Å². The number of rotatable bonds is 0. The van der Waals surface area contributed by atoms with Gasteiger partial charge in [0.25, 0.3) is 0 Å².